The summed E-state index contributed by atoms with van der Waals surface area (Å²) in [6.45, 7) is 12.9. The number of carbonyl (C=O) groups excluding carboxylic acids is 7. The highest BCUT2D eigenvalue weighted by Crippen LogP contribution is 2.50. The zero-order valence-electron chi connectivity index (χ0n) is 41.0. The van der Waals surface area contributed by atoms with E-state index < -0.39 is 95.1 Å². The van der Waals surface area contributed by atoms with E-state index in [1.54, 1.807) is 96.1 Å². The van der Waals surface area contributed by atoms with E-state index in [1.165, 1.54) is 11.9 Å². The second kappa shape index (κ2) is 23.8. The fourth-order valence-electron chi connectivity index (χ4n) is 8.12. The average Bonchev–Trinajstić information content (AvgIpc) is 3.22. The Labute approximate surface area is 398 Å². The maximum absolute atomic E-state index is 15.7. The van der Waals surface area contributed by atoms with Crippen molar-refractivity contribution in [3.8, 4) is 0 Å². The molecule has 6 N–H and O–H groups in total. The van der Waals surface area contributed by atoms with E-state index in [0.717, 1.165) is 10.5 Å². The van der Waals surface area contributed by atoms with Crippen molar-refractivity contribution < 1.29 is 51.8 Å². The van der Waals surface area contributed by atoms with Gasteiger partial charge in [-0.1, -0.05) is 74.5 Å². The van der Waals surface area contributed by atoms with Gasteiger partial charge in [0.05, 0.1) is 12.0 Å². The van der Waals surface area contributed by atoms with Crippen LogP contribution in [0.2, 0.25) is 0 Å². The number of benzene rings is 2. The molecule has 0 bridgehead atoms. The van der Waals surface area contributed by atoms with Crippen molar-refractivity contribution >= 4 is 41.8 Å². The predicted molar refractivity (Wildman–Crippen MR) is 251 cm³/mol. The largest absolute Gasteiger partial charge is 0.444 e. The van der Waals surface area contributed by atoms with Crippen molar-refractivity contribution in [3.63, 3.8) is 0 Å². The first-order valence-corrected chi connectivity index (χ1v) is 23.4. The van der Waals surface area contributed by atoms with Gasteiger partial charge in [0, 0.05) is 46.1 Å². The SMILES string of the molecule is CNC(=O)N1CCC2(CN(C(=O)[C@@H](CCCCNC(=O)OC(C)(C)C)NC(=O)C(CC(C)C)NC(=O)[C@@H](Cc3ccccc3)NC(=O)[C@@H](Cc3ccccc3)NC(=O)OC(C)(C)C)C2)C(F)(F)C1. The summed E-state index contributed by atoms with van der Waals surface area (Å²) >= 11 is 0. The van der Waals surface area contributed by atoms with E-state index in [2.05, 4.69) is 31.9 Å². The first-order valence-electron chi connectivity index (χ1n) is 23.4. The summed E-state index contributed by atoms with van der Waals surface area (Å²) in [6, 6.07) is 12.5. The zero-order chi connectivity index (χ0) is 50.5. The lowest BCUT2D eigenvalue weighted by molar-refractivity contribution is -0.219. The molecular weight excluding hydrogens is 883 g/mol. The molecule has 0 saturated carbocycles. The molecule has 0 aliphatic carbocycles. The van der Waals surface area contributed by atoms with Gasteiger partial charge in [0.15, 0.2) is 0 Å². The van der Waals surface area contributed by atoms with E-state index in [9.17, 15) is 33.6 Å². The van der Waals surface area contributed by atoms with Crippen LogP contribution in [0.15, 0.2) is 60.7 Å². The third-order valence-corrected chi connectivity index (χ3v) is 11.6. The number of amides is 8. The number of alkyl halides is 2. The summed E-state index contributed by atoms with van der Waals surface area (Å²) in [7, 11) is 1.37. The van der Waals surface area contributed by atoms with Gasteiger partial charge < -0.3 is 51.2 Å². The fraction of sp³-hybridized carbons (Fsp3) is 0.612. The molecule has 2 aromatic rings. The Morgan fingerprint density at radius 3 is 1.63 bits per heavy atom. The summed E-state index contributed by atoms with van der Waals surface area (Å²) in [5, 5.41) is 16.1. The van der Waals surface area contributed by atoms with Crippen LogP contribution in [0.25, 0.3) is 0 Å². The molecule has 2 fully saturated rings. The highest BCUT2D eigenvalue weighted by molar-refractivity contribution is 5.95. The molecule has 68 heavy (non-hydrogen) atoms. The van der Waals surface area contributed by atoms with Crippen molar-refractivity contribution in [2.45, 2.75) is 142 Å². The standard InChI is InChI=1S/C49H72F2N8O9/c1-32(2)26-36(55-40(61)37(27-33-18-12-10-13-19-33)56-41(62)38(28-34-20-14-11-15-21-34)57-45(66)68-47(6,7)8)39(60)54-35(22-16-17-24-53-44(65)67-46(3,4)5)42(63)59-29-48(30-59)23-25-58(43(64)52-9)31-49(48,50)51/h10-15,18-21,32,35-38H,16-17,22-31H2,1-9H3,(H,52,64)(H,53,65)(H,54,60)(H,55,61)(H,56,62)(H,57,66)/t35-,36?,37-,38-/m1/s1. The van der Waals surface area contributed by atoms with Crippen LogP contribution in [0.3, 0.4) is 0 Å². The summed E-state index contributed by atoms with van der Waals surface area (Å²) < 4.78 is 42.1. The number of hydrogen-bond acceptors (Lipinski definition) is 9. The van der Waals surface area contributed by atoms with Gasteiger partial charge in [-0.25, -0.2) is 23.2 Å². The van der Waals surface area contributed by atoms with E-state index in [1.807, 2.05) is 19.9 Å². The first-order chi connectivity index (χ1) is 31.8. The Hall–Kier alpha value is -6.01. The van der Waals surface area contributed by atoms with Crippen LogP contribution >= 0.6 is 0 Å². The summed E-state index contributed by atoms with van der Waals surface area (Å²) in [6.07, 6.45) is -0.475. The molecule has 4 atom stereocenters. The fourth-order valence-corrected chi connectivity index (χ4v) is 8.12. The number of nitrogens with one attached hydrogen (secondary N) is 6. The van der Waals surface area contributed by atoms with Crippen LogP contribution in [-0.4, -0.2) is 133 Å². The molecule has 0 radical (unpaired) electrons. The lowest BCUT2D eigenvalue weighted by Crippen LogP contribution is -2.73. The minimum atomic E-state index is -3.29. The Kier molecular flexibility index (Phi) is 19.1. The number of carbonyl (C=O) groups is 7. The number of nitrogens with zero attached hydrogens (tertiary/aromatic N) is 2. The number of hydrogen-bond donors (Lipinski definition) is 6. The Bertz CT molecular complexity index is 2040. The maximum Gasteiger partial charge on any atom is 0.408 e. The second-order valence-corrected chi connectivity index (χ2v) is 20.2. The summed E-state index contributed by atoms with van der Waals surface area (Å²) in [4.78, 5) is 96.9. The molecule has 1 unspecified atom stereocenters. The molecular formula is C49H72F2N8O9. The van der Waals surface area contributed by atoms with Crippen molar-refractivity contribution in [1.29, 1.82) is 0 Å². The van der Waals surface area contributed by atoms with E-state index in [-0.39, 0.29) is 64.2 Å². The normalized spacial score (nSPS) is 17.1. The van der Waals surface area contributed by atoms with Crippen LogP contribution in [0.4, 0.5) is 23.2 Å². The average molecular weight is 955 g/mol. The molecule has 19 heteroatoms. The number of likely N-dealkylation sites (tertiary alicyclic amines) is 2. The van der Waals surface area contributed by atoms with Gasteiger partial charge in [0.25, 0.3) is 5.92 Å². The van der Waals surface area contributed by atoms with Gasteiger partial charge in [0.2, 0.25) is 23.6 Å². The van der Waals surface area contributed by atoms with Crippen molar-refractivity contribution in [3.05, 3.63) is 71.8 Å². The van der Waals surface area contributed by atoms with E-state index in [4.69, 9.17) is 9.47 Å². The van der Waals surface area contributed by atoms with Crippen molar-refractivity contribution in [2.24, 2.45) is 11.3 Å². The Morgan fingerprint density at radius 1 is 0.647 bits per heavy atom. The van der Waals surface area contributed by atoms with Crippen LogP contribution in [-0.2, 0) is 41.5 Å². The van der Waals surface area contributed by atoms with Gasteiger partial charge >= 0.3 is 18.2 Å². The highest BCUT2D eigenvalue weighted by atomic mass is 19.3. The summed E-state index contributed by atoms with van der Waals surface area (Å²) in [5.41, 5.74) is -1.69. The van der Waals surface area contributed by atoms with Crippen LogP contribution < -0.4 is 31.9 Å². The van der Waals surface area contributed by atoms with Gasteiger partial charge in [-0.3, -0.25) is 19.2 Å². The molecule has 1 spiro atoms. The number of halogens is 2. The second-order valence-electron chi connectivity index (χ2n) is 20.2. The number of alkyl carbamates (subject to hydrolysis) is 2. The maximum atomic E-state index is 15.7. The molecule has 8 amide bonds. The third kappa shape index (κ3) is 16.6. The van der Waals surface area contributed by atoms with Gasteiger partial charge in [0.1, 0.15) is 35.4 Å². The molecule has 2 heterocycles. The number of piperidine rings is 1. The minimum Gasteiger partial charge on any atom is -0.444 e. The number of unbranched alkanes of at least 4 members (excludes halogenated alkanes) is 1. The number of rotatable bonds is 19. The van der Waals surface area contributed by atoms with Crippen molar-refractivity contribution in [1.82, 2.24) is 41.7 Å². The molecule has 17 nitrogen and oxygen atoms in total. The minimum absolute atomic E-state index is 0.0135. The lowest BCUT2D eigenvalue weighted by atomic mass is 9.69. The quantitative estimate of drug-likeness (QED) is 0.104. The van der Waals surface area contributed by atoms with E-state index in [0.29, 0.717) is 18.4 Å². The number of ether oxygens (including phenoxy) is 2. The molecule has 376 valence electrons. The van der Waals surface area contributed by atoms with Crippen LogP contribution in [0, 0.1) is 11.3 Å². The molecule has 2 aliphatic rings. The molecule has 0 aromatic heterocycles. The van der Waals surface area contributed by atoms with Crippen LogP contribution in [0.1, 0.15) is 98.6 Å². The van der Waals surface area contributed by atoms with Gasteiger partial charge in [-0.15, -0.1) is 0 Å². The summed E-state index contributed by atoms with van der Waals surface area (Å²) in [5.74, 6) is -6.09. The third-order valence-electron chi connectivity index (χ3n) is 11.6. The predicted octanol–water partition coefficient (Wildman–Crippen LogP) is 5.07. The van der Waals surface area contributed by atoms with Gasteiger partial charge in [-0.05, 0) is 90.7 Å². The molecule has 2 aliphatic heterocycles. The topological polar surface area (TPSA) is 217 Å². The van der Waals surface area contributed by atoms with E-state index >= 15 is 8.78 Å². The van der Waals surface area contributed by atoms with Crippen LogP contribution in [0.5, 0.6) is 0 Å². The monoisotopic (exact) mass is 955 g/mol. The molecule has 2 aromatic carbocycles. The first kappa shape index (κ1) is 54.6. The zero-order valence-corrected chi connectivity index (χ0v) is 41.0. The molecule has 2 saturated heterocycles. The smallest absolute Gasteiger partial charge is 0.408 e. The highest BCUT2D eigenvalue weighted by Gasteiger charge is 2.64. The Balaban J connectivity index is 1.55. The number of urea groups is 1. The lowest BCUT2D eigenvalue weighted by Gasteiger charge is -2.57. The Morgan fingerprint density at radius 2 is 1.13 bits per heavy atom. The molecule has 4 rings (SSSR count). The van der Waals surface area contributed by atoms with Gasteiger partial charge in [-0.2, -0.15) is 0 Å². The van der Waals surface area contributed by atoms with Crippen molar-refractivity contribution in [2.75, 3.05) is 39.8 Å².